The summed E-state index contributed by atoms with van der Waals surface area (Å²) in [5.74, 6) is -1.88. The van der Waals surface area contributed by atoms with E-state index < -0.39 is 60.4 Å². The average Bonchev–Trinajstić information content (AvgIpc) is 3.77. The van der Waals surface area contributed by atoms with Crippen LogP contribution in [0.4, 0.5) is 0 Å². The first-order valence-electron chi connectivity index (χ1n) is 17.0. The van der Waals surface area contributed by atoms with Gasteiger partial charge in [-0.1, -0.05) is 62.4 Å². The van der Waals surface area contributed by atoms with Crippen LogP contribution in [0.1, 0.15) is 81.7 Å². The highest BCUT2D eigenvalue weighted by Crippen LogP contribution is 2.25. The van der Waals surface area contributed by atoms with Gasteiger partial charge in [-0.25, -0.2) is 14.6 Å². The Labute approximate surface area is 303 Å². The van der Waals surface area contributed by atoms with Crippen LogP contribution in [0.5, 0.6) is 0 Å². The van der Waals surface area contributed by atoms with Gasteiger partial charge in [-0.2, -0.15) is 5.10 Å². The van der Waals surface area contributed by atoms with E-state index in [1.807, 2.05) is 50.2 Å². The lowest BCUT2D eigenvalue weighted by atomic mass is 10.0. The molecule has 0 spiro atoms. The number of nitrogens with one attached hydrogen (secondary N) is 3. The summed E-state index contributed by atoms with van der Waals surface area (Å²) in [6, 6.07) is 14.5. The van der Waals surface area contributed by atoms with Gasteiger partial charge in [0.2, 0.25) is 17.7 Å². The molecular formula is C37H40N8O6S. The second-order valence-electron chi connectivity index (χ2n) is 13.2. The second-order valence-corrected chi connectivity index (χ2v) is 14.1. The van der Waals surface area contributed by atoms with Crippen LogP contribution in [-0.4, -0.2) is 67.4 Å². The zero-order chi connectivity index (χ0) is 37.1. The molecule has 2 aromatic carbocycles. The Kier molecular flexibility index (Phi) is 10.6. The van der Waals surface area contributed by atoms with Crippen molar-refractivity contribution in [1.82, 2.24) is 40.6 Å². The van der Waals surface area contributed by atoms with Crippen LogP contribution < -0.4 is 21.5 Å². The number of rotatable bonds is 5. The molecule has 3 atom stereocenters. The molecule has 5 aromatic rings. The molecule has 6 rings (SSSR count). The maximum Gasteiger partial charge on any atom is 0.275 e. The molecule has 0 saturated heterocycles. The number of oxazole rings is 1. The number of carbonyl (C=O) groups excluding carboxylic acids is 4. The maximum atomic E-state index is 14.2. The fourth-order valence-corrected chi connectivity index (χ4v) is 6.97. The second kappa shape index (κ2) is 15.3. The molecule has 1 aliphatic heterocycles. The molecule has 4 heterocycles. The van der Waals surface area contributed by atoms with E-state index in [1.165, 1.54) is 16.2 Å². The molecule has 15 heteroatoms. The quantitative estimate of drug-likeness (QED) is 0.244. The minimum atomic E-state index is -0.741. The van der Waals surface area contributed by atoms with Crippen molar-refractivity contribution in [3.63, 3.8) is 0 Å². The van der Waals surface area contributed by atoms with Crippen molar-refractivity contribution in [3.8, 4) is 0 Å². The minimum absolute atomic E-state index is 0.0570. The number of nitrogens with zero attached hydrogens (tertiary/aromatic N) is 5. The summed E-state index contributed by atoms with van der Waals surface area (Å²) in [5, 5.41) is 16.4. The van der Waals surface area contributed by atoms with Crippen molar-refractivity contribution in [2.75, 3.05) is 13.1 Å². The Morgan fingerprint density at radius 1 is 0.942 bits per heavy atom. The van der Waals surface area contributed by atoms with Gasteiger partial charge in [-0.3, -0.25) is 24.0 Å². The summed E-state index contributed by atoms with van der Waals surface area (Å²) in [6.45, 7) is 7.92. The number of fused-ring (bicyclic) bond motifs is 5. The maximum absolute atomic E-state index is 14.2. The van der Waals surface area contributed by atoms with E-state index in [-0.39, 0.29) is 35.5 Å². The molecule has 270 valence electrons. The molecule has 3 N–H and O–H groups in total. The van der Waals surface area contributed by atoms with E-state index in [4.69, 9.17) is 4.42 Å². The number of carbonyl (C=O) groups is 4. The van der Waals surface area contributed by atoms with Gasteiger partial charge in [0.1, 0.15) is 29.0 Å². The van der Waals surface area contributed by atoms with Crippen molar-refractivity contribution in [1.29, 1.82) is 0 Å². The molecule has 0 saturated carbocycles. The minimum Gasteiger partial charge on any atom is -0.443 e. The molecule has 0 unspecified atom stereocenters. The van der Waals surface area contributed by atoms with E-state index in [2.05, 4.69) is 31.0 Å². The van der Waals surface area contributed by atoms with Crippen LogP contribution >= 0.6 is 11.3 Å². The number of aromatic nitrogens is 4. The first-order valence-corrected chi connectivity index (χ1v) is 17.9. The van der Waals surface area contributed by atoms with Crippen molar-refractivity contribution < 1.29 is 23.6 Å². The average molecular weight is 725 g/mol. The SMILES string of the molecule is Cc1oc2nc1C(=O)N[C@H](C)c1nc(cs1)C(=O)N[C@H](Cc1ccccc1)CN(C(=O)Cn1nc(C)c3ccccc3c1=O)CC(=O)N[C@H]2C(C)C. The normalized spacial score (nSPS) is 18.8. The highest BCUT2D eigenvalue weighted by molar-refractivity contribution is 7.09. The summed E-state index contributed by atoms with van der Waals surface area (Å²) in [7, 11) is 0. The molecule has 0 radical (unpaired) electrons. The Balaban J connectivity index is 1.39. The number of hydrogen-bond donors (Lipinski definition) is 3. The third-order valence-electron chi connectivity index (χ3n) is 8.88. The predicted molar refractivity (Wildman–Crippen MR) is 194 cm³/mol. The first-order chi connectivity index (χ1) is 24.9. The summed E-state index contributed by atoms with van der Waals surface area (Å²) in [6.07, 6.45) is 0.321. The monoisotopic (exact) mass is 724 g/mol. The fraction of sp³-hybridized carbons (Fsp3) is 0.351. The molecule has 14 nitrogen and oxygen atoms in total. The van der Waals surface area contributed by atoms with Gasteiger partial charge in [-0.15, -0.1) is 11.3 Å². The summed E-state index contributed by atoms with van der Waals surface area (Å²) < 4.78 is 7.02. The number of thiazole rings is 1. The van der Waals surface area contributed by atoms with E-state index in [0.29, 0.717) is 27.9 Å². The molecule has 4 amide bonds. The smallest absolute Gasteiger partial charge is 0.275 e. The van der Waals surface area contributed by atoms with E-state index >= 15 is 0 Å². The first kappa shape index (κ1) is 36.1. The lowest BCUT2D eigenvalue weighted by molar-refractivity contribution is -0.137. The van der Waals surface area contributed by atoms with Crippen LogP contribution in [0.3, 0.4) is 0 Å². The zero-order valence-electron chi connectivity index (χ0n) is 29.5. The number of benzene rings is 2. The molecule has 0 aliphatic carbocycles. The lowest BCUT2D eigenvalue weighted by Gasteiger charge is -2.29. The van der Waals surface area contributed by atoms with Crippen molar-refractivity contribution >= 4 is 45.7 Å². The van der Waals surface area contributed by atoms with Gasteiger partial charge in [0.25, 0.3) is 17.4 Å². The van der Waals surface area contributed by atoms with Crippen molar-refractivity contribution in [3.05, 3.63) is 110 Å². The van der Waals surface area contributed by atoms with Crippen LogP contribution in [0.15, 0.2) is 69.2 Å². The summed E-state index contributed by atoms with van der Waals surface area (Å²) in [4.78, 5) is 78.7. The van der Waals surface area contributed by atoms with Gasteiger partial charge in [0, 0.05) is 17.3 Å². The topological polar surface area (TPSA) is 181 Å². The van der Waals surface area contributed by atoms with Gasteiger partial charge >= 0.3 is 0 Å². The van der Waals surface area contributed by atoms with Crippen LogP contribution in [-0.2, 0) is 22.6 Å². The zero-order valence-corrected chi connectivity index (χ0v) is 30.3. The molecule has 1 aliphatic rings. The van der Waals surface area contributed by atoms with E-state index in [1.54, 1.807) is 44.4 Å². The third kappa shape index (κ3) is 7.94. The molecule has 0 fully saturated rings. The number of aryl methyl sites for hydroxylation is 2. The Morgan fingerprint density at radius 2 is 1.65 bits per heavy atom. The van der Waals surface area contributed by atoms with Gasteiger partial charge < -0.3 is 25.3 Å². The van der Waals surface area contributed by atoms with E-state index in [0.717, 1.165) is 10.2 Å². The Hall–Kier alpha value is -5.70. The fourth-order valence-electron chi connectivity index (χ4n) is 6.16. The predicted octanol–water partition coefficient (Wildman–Crippen LogP) is 3.65. The summed E-state index contributed by atoms with van der Waals surface area (Å²) in [5.41, 5.74) is 1.21. The summed E-state index contributed by atoms with van der Waals surface area (Å²) >= 11 is 1.22. The van der Waals surface area contributed by atoms with Gasteiger partial charge in [0.05, 0.1) is 29.7 Å². The van der Waals surface area contributed by atoms with Crippen LogP contribution in [0.25, 0.3) is 10.8 Å². The van der Waals surface area contributed by atoms with Crippen molar-refractivity contribution in [2.45, 2.75) is 65.7 Å². The van der Waals surface area contributed by atoms with Gasteiger partial charge in [-0.05, 0) is 44.7 Å². The van der Waals surface area contributed by atoms with Gasteiger partial charge in [0.15, 0.2) is 5.69 Å². The number of amides is 4. The van der Waals surface area contributed by atoms with Crippen LogP contribution in [0.2, 0.25) is 0 Å². The highest BCUT2D eigenvalue weighted by atomic mass is 32.1. The molecule has 52 heavy (non-hydrogen) atoms. The van der Waals surface area contributed by atoms with Crippen molar-refractivity contribution in [2.24, 2.45) is 5.92 Å². The molecule has 3 aromatic heterocycles. The highest BCUT2D eigenvalue weighted by Gasteiger charge is 2.31. The lowest BCUT2D eigenvalue weighted by Crippen LogP contribution is -2.51. The third-order valence-corrected chi connectivity index (χ3v) is 9.90. The Morgan fingerprint density at radius 3 is 2.38 bits per heavy atom. The van der Waals surface area contributed by atoms with E-state index in [9.17, 15) is 24.0 Å². The standard InChI is InChI=1S/C37H40N8O6S/c1-20(2)31-35-42-32(23(5)51-35)34(49)38-22(4)36-40-28(19-52-36)33(48)39-25(15-24-11-7-6-8-12-24)16-44(17-29(46)41-31)30(47)18-45-37(50)27-14-10-9-13-26(27)21(3)43-45/h6-14,19-20,22,25,31H,15-18H2,1-5H3,(H,38,49)(H,39,48)(H,41,46)/t22-,25-,31+/m1/s1. The number of hydrogen-bond acceptors (Lipinski definition) is 10. The molecule has 4 bridgehead atoms. The van der Waals surface area contributed by atoms with Crippen LogP contribution in [0, 0.1) is 19.8 Å². The Bertz CT molecular complexity index is 2190. The molecular weight excluding hydrogens is 685 g/mol. The largest absolute Gasteiger partial charge is 0.443 e.